The summed E-state index contributed by atoms with van der Waals surface area (Å²) < 4.78 is 3.46. The second-order valence-electron chi connectivity index (χ2n) is 8.76. The highest BCUT2D eigenvalue weighted by Crippen LogP contribution is 2.21. The lowest BCUT2D eigenvalue weighted by molar-refractivity contribution is 0.279. The summed E-state index contributed by atoms with van der Waals surface area (Å²) in [6.07, 6.45) is 3.95. The summed E-state index contributed by atoms with van der Waals surface area (Å²) in [5, 5.41) is 3.38. The number of nitrogens with two attached hydrogens (primary N) is 1. The number of aromatic nitrogens is 3. The number of para-hydroxylation sites is 1. The Bertz CT molecular complexity index is 1300. The van der Waals surface area contributed by atoms with Crippen LogP contribution in [0.4, 0.5) is 11.5 Å². The third kappa shape index (κ3) is 5.10. The van der Waals surface area contributed by atoms with Crippen molar-refractivity contribution in [1.82, 2.24) is 19.0 Å². The van der Waals surface area contributed by atoms with Crippen LogP contribution in [-0.2, 0) is 20.1 Å². The van der Waals surface area contributed by atoms with Crippen molar-refractivity contribution < 1.29 is 0 Å². The number of likely N-dealkylation sites (N-methyl/N-ethyl adjacent to an activating group) is 1. The molecule has 3 heterocycles. The third-order valence-corrected chi connectivity index (χ3v) is 6.79. The van der Waals surface area contributed by atoms with Gasteiger partial charge in [-0.1, -0.05) is 36.5 Å². The van der Waals surface area contributed by atoms with E-state index in [0.29, 0.717) is 34.9 Å². The van der Waals surface area contributed by atoms with Crippen molar-refractivity contribution in [3.8, 4) is 0 Å². The van der Waals surface area contributed by atoms with Crippen LogP contribution in [0.25, 0.3) is 0 Å². The molecule has 0 saturated carbocycles. The molecule has 9 heteroatoms. The van der Waals surface area contributed by atoms with Crippen molar-refractivity contribution in [3.05, 3.63) is 80.6 Å². The Labute approximate surface area is 204 Å². The van der Waals surface area contributed by atoms with Crippen LogP contribution in [0.2, 0.25) is 0 Å². The highest BCUT2D eigenvalue weighted by molar-refractivity contribution is 7.71. The second-order valence-corrected chi connectivity index (χ2v) is 9.14. The van der Waals surface area contributed by atoms with Gasteiger partial charge < -0.3 is 16.0 Å². The largest absolute Gasteiger partial charge is 0.384 e. The van der Waals surface area contributed by atoms with Gasteiger partial charge in [0.1, 0.15) is 16.3 Å². The Morgan fingerprint density at radius 3 is 2.65 bits per heavy atom. The van der Waals surface area contributed by atoms with Crippen molar-refractivity contribution in [2.45, 2.75) is 38.9 Å². The third-order valence-electron chi connectivity index (χ3n) is 6.31. The van der Waals surface area contributed by atoms with Crippen molar-refractivity contribution in [1.29, 1.82) is 0 Å². The van der Waals surface area contributed by atoms with Crippen LogP contribution in [0.5, 0.6) is 0 Å². The second kappa shape index (κ2) is 10.3. The number of aryl methyl sites for hydroxylation is 1. The first-order chi connectivity index (χ1) is 16.3. The molecule has 1 unspecified atom stereocenters. The van der Waals surface area contributed by atoms with Crippen molar-refractivity contribution >= 4 is 29.6 Å². The van der Waals surface area contributed by atoms with Crippen molar-refractivity contribution in [2.75, 3.05) is 24.6 Å². The summed E-state index contributed by atoms with van der Waals surface area (Å²) in [4.78, 5) is 24.6. The average Bonchev–Trinajstić information content (AvgIpc) is 3.25. The van der Waals surface area contributed by atoms with Gasteiger partial charge >= 0.3 is 5.69 Å². The number of hydrogen-bond acceptors (Lipinski definition) is 6. The topological polar surface area (TPSA) is 93.5 Å². The first-order valence-electron chi connectivity index (χ1n) is 11.4. The number of rotatable bonds is 6. The van der Waals surface area contributed by atoms with E-state index in [4.69, 9.17) is 22.9 Å². The highest BCUT2D eigenvalue weighted by Gasteiger charge is 2.25. The van der Waals surface area contributed by atoms with Crippen LogP contribution < -0.4 is 16.7 Å². The van der Waals surface area contributed by atoms with Gasteiger partial charge in [-0.3, -0.25) is 19.1 Å². The maximum atomic E-state index is 13.1. The van der Waals surface area contributed by atoms with Crippen LogP contribution in [0.3, 0.4) is 0 Å². The molecular formula is C25H31N7OS. The van der Waals surface area contributed by atoms with Gasteiger partial charge in [-0.15, -0.1) is 0 Å². The minimum absolute atomic E-state index is 0.214. The molecule has 1 aliphatic heterocycles. The number of anilines is 2. The Balaban J connectivity index is 1.80. The number of pyridine rings is 1. The summed E-state index contributed by atoms with van der Waals surface area (Å²) in [6.45, 7) is 3.87. The van der Waals surface area contributed by atoms with E-state index in [0.717, 1.165) is 36.3 Å². The summed E-state index contributed by atoms with van der Waals surface area (Å²) >= 11 is 5.70. The number of nitrogens with one attached hydrogen (secondary N) is 1. The van der Waals surface area contributed by atoms with Gasteiger partial charge in [0, 0.05) is 37.2 Å². The Hall–Kier alpha value is -3.30. The normalized spacial score (nSPS) is 16.7. The minimum Gasteiger partial charge on any atom is -0.384 e. The molecule has 34 heavy (non-hydrogen) atoms. The molecule has 2 aromatic heterocycles. The highest BCUT2D eigenvalue weighted by atomic mass is 32.1. The molecule has 1 fully saturated rings. The lowest BCUT2D eigenvalue weighted by Crippen LogP contribution is -2.40. The number of likely N-dealkylation sites (tertiary alicyclic amines) is 1. The minimum atomic E-state index is -0.214. The van der Waals surface area contributed by atoms with E-state index in [2.05, 4.69) is 22.2 Å². The fraction of sp³-hybridized carbons (Fsp3) is 0.360. The number of benzene rings is 1. The molecule has 3 aromatic rings. The lowest BCUT2D eigenvalue weighted by atomic mass is 10.2. The predicted molar refractivity (Wildman–Crippen MR) is 140 cm³/mol. The zero-order valence-corrected chi connectivity index (χ0v) is 20.7. The molecule has 0 aliphatic carbocycles. The zero-order chi connectivity index (χ0) is 24.2. The Kier molecular flexibility index (Phi) is 7.23. The van der Waals surface area contributed by atoms with E-state index in [1.807, 2.05) is 55.6 Å². The van der Waals surface area contributed by atoms with Crippen molar-refractivity contribution in [2.24, 2.45) is 12.0 Å². The molecule has 1 saturated heterocycles. The summed E-state index contributed by atoms with van der Waals surface area (Å²) in [6, 6.07) is 13.9. The van der Waals surface area contributed by atoms with Gasteiger partial charge in [0.15, 0.2) is 0 Å². The van der Waals surface area contributed by atoms with E-state index in [9.17, 15) is 4.79 Å². The predicted octanol–water partition coefficient (Wildman–Crippen LogP) is 3.36. The Morgan fingerprint density at radius 1 is 1.24 bits per heavy atom. The van der Waals surface area contributed by atoms with Crippen LogP contribution in [-0.4, -0.2) is 44.5 Å². The van der Waals surface area contributed by atoms with Crippen molar-refractivity contribution in [3.63, 3.8) is 0 Å². The molecule has 178 valence electrons. The number of aliphatic imine (C=N–C) groups is 1. The molecule has 1 aliphatic rings. The molecule has 4 rings (SSSR count). The first-order valence-corrected chi connectivity index (χ1v) is 11.8. The van der Waals surface area contributed by atoms with Crippen LogP contribution >= 0.6 is 12.2 Å². The van der Waals surface area contributed by atoms with Gasteiger partial charge in [0.25, 0.3) is 0 Å². The molecule has 8 nitrogen and oxygen atoms in total. The van der Waals surface area contributed by atoms with Gasteiger partial charge in [-0.2, -0.15) is 0 Å². The van der Waals surface area contributed by atoms with Gasteiger partial charge in [-0.25, -0.2) is 4.79 Å². The summed E-state index contributed by atoms with van der Waals surface area (Å²) in [5.41, 5.74) is 9.76. The van der Waals surface area contributed by atoms with Gasteiger partial charge in [-0.05, 0) is 57.1 Å². The van der Waals surface area contributed by atoms with E-state index < -0.39 is 0 Å². The molecule has 0 radical (unpaired) electrons. The summed E-state index contributed by atoms with van der Waals surface area (Å²) in [5.74, 6) is 0.857. The summed E-state index contributed by atoms with van der Waals surface area (Å²) in [7, 11) is 3.77. The fourth-order valence-electron chi connectivity index (χ4n) is 4.20. The quantitative estimate of drug-likeness (QED) is 0.321. The first kappa shape index (κ1) is 23.8. The molecule has 3 N–H and O–H groups in total. The fourth-order valence-corrected chi connectivity index (χ4v) is 4.48. The van der Waals surface area contributed by atoms with Gasteiger partial charge in [0.2, 0.25) is 0 Å². The van der Waals surface area contributed by atoms with E-state index in [-0.39, 0.29) is 11.7 Å². The molecular weight excluding hydrogens is 446 g/mol. The number of amidine groups is 1. The van der Waals surface area contributed by atoms with E-state index >= 15 is 0 Å². The molecule has 1 atom stereocenters. The van der Waals surface area contributed by atoms with Crippen LogP contribution in [0.1, 0.15) is 29.7 Å². The van der Waals surface area contributed by atoms with Crippen LogP contribution in [0, 0.1) is 11.6 Å². The smallest absolute Gasteiger partial charge is 0.330 e. The molecule has 0 spiro atoms. The number of nitrogen functional groups attached to an aromatic ring is 1. The van der Waals surface area contributed by atoms with E-state index in [1.54, 1.807) is 11.6 Å². The maximum absolute atomic E-state index is 13.1. The lowest BCUT2D eigenvalue weighted by Gasteiger charge is -2.24. The SMILES string of the molecule is Cc1ccc(CN=C(Nc2ccccc2)c2c(N)n(CC3CCCN3C)c(=O)n(C)c2=S)cn1. The standard InChI is InChI=1S/C25H31N7OS/c1-17-11-12-18(14-27-17)15-28-23(29-19-8-5-4-6-9-19)21-22(26)32(25(33)31(3)24(21)34)16-20-10-7-13-30(20)2/h4-6,8-9,11-12,14,20H,7,10,13,15-16,26H2,1-3H3,(H,28,29). The number of nitrogens with zero attached hydrogens (tertiary/aromatic N) is 5. The molecule has 0 amide bonds. The van der Waals surface area contributed by atoms with E-state index in [1.165, 1.54) is 4.57 Å². The zero-order valence-electron chi connectivity index (χ0n) is 19.9. The number of hydrogen-bond donors (Lipinski definition) is 2. The van der Waals surface area contributed by atoms with Gasteiger partial charge in [0.05, 0.1) is 12.1 Å². The Morgan fingerprint density at radius 2 is 2.00 bits per heavy atom. The average molecular weight is 478 g/mol. The van der Waals surface area contributed by atoms with Crippen LogP contribution in [0.15, 0.2) is 58.4 Å². The molecule has 1 aromatic carbocycles. The maximum Gasteiger partial charge on any atom is 0.330 e. The molecule has 0 bridgehead atoms. The monoisotopic (exact) mass is 477 g/mol.